The van der Waals surface area contributed by atoms with Gasteiger partial charge in [-0.05, 0) is 54.3 Å². The van der Waals surface area contributed by atoms with E-state index in [0.717, 1.165) is 34.1 Å². The van der Waals surface area contributed by atoms with E-state index in [9.17, 15) is 14.4 Å². The molecule has 0 saturated carbocycles. The number of imide groups is 1. The molecule has 8 nitrogen and oxygen atoms in total. The first kappa shape index (κ1) is 23.7. The van der Waals surface area contributed by atoms with Crippen LogP contribution in [-0.4, -0.2) is 55.0 Å². The second-order valence-electron chi connectivity index (χ2n) is 9.33. The molecule has 2 aliphatic heterocycles. The molecule has 2 fully saturated rings. The summed E-state index contributed by atoms with van der Waals surface area (Å²) in [6, 6.07) is 18.1. The molecule has 0 bridgehead atoms. The van der Waals surface area contributed by atoms with Crippen LogP contribution in [0.5, 0.6) is 11.5 Å². The monoisotopic (exact) mass is 487 g/mol. The van der Waals surface area contributed by atoms with Gasteiger partial charge in [-0.3, -0.25) is 14.5 Å². The van der Waals surface area contributed by atoms with Crippen molar-refractivity contribution in [2.75, 3.05) is 27.3 Å². The number of amides is 4. The van der Waals surface area contributed by atoms with Crippen molar-refractivity contribution < 1.29 is 23.9 Å². The number of likely N-dealkylation sites (tertiary alicyclic amines) is 1. The predicted molar refractivity (Wildman–Crippen MR) is 135 cm³/mol. The van der Waals surface area contributed by atoms with Gasteiger partial charge in [-0.2, -0.15) is 0 Å². The Balaban J connectivity index is 1.40. The largest absolute Gasteiger partial charge is 0.497 e. The highest BCUT2D eigenvalue weighted by Gasteiger charge is 2.50. The Morgan fingerprint density at radius 2 is 1.83 bits per heavy atom. The van der Waals surface area contributed by atoms with Crippen molar-refractivity contribution in [1.29, 1.82) is 0 Å². The molecule has 5 rings (SSSR count). The van der Waals surface area contributed by atoms with Crippen LogP contribution in [0, 0.1) is 0 Å². The molecule has 0 aromatic heterocycles. The lowest BCUT2D eigenvalue weighted by molar-refractivity contribution is -0.139. The Labute approximate surface area is 209 Å². The molecular formula is C28H29N3O5. The third-order valence-corrected chi connectivity index (χ3v) is 7.27. The fourth-order valence-corrected chi connectivity index (χ4v) is 5.40. The number of carbonyl (C=O) groups excluding carboxylic acids is 3. The number of hydrogen-bond acceptors (Lipinski definition) is 5. The minimum Gasteiger partial charge on any atom is -0.497 e. The van der Waals surface area contributed by atoms with E-state index in [1.165, 1.54) is 0 Å². The molecule has 1 N–H and O–H groups in total. The highest BCUT2D eigenvalue weighted by molar-refractivity contribution is 6.10. The fraction of sp³-hybridized carbons (Fsp3) is 0.321. The van der Waals surface area contributed by atoms with Gasteiger partial charge in [0, 0.05) is 12.1 Å². The SMILES string of the molecule is COc1ccc(OC)c([C@H]2CCCN2C(=O)CN2C(=O)N[C@](C)(c3cccc4ccccc34)C2=O)c1. The Bertz CT molecular complexity index is 1350. The molecule has 0 radical (unpaired) electrons. The Kier molecular flexibility index (Phi) is 6.04. The van der Waals surface area contributed by atoms with E-state index >= 15 is 0 Å². The smallest absolute Gasteiger partial charge is 0.325 e. The van der Waals surface area contributed by atoms with Crippen LogP contribution in [0.15, 0.2) is 60.7 Å². The van der Waals surface area contributed by atoms with Gasteiger partial charge in [0.1, 0.15) is 23.6 Å². The lowest BCUT2D eigenvalue weighted by atomic mass is 9.88. The van der Waals surface area contributed by atoms with Crippen LogP contribution in [0.3, 0.4) is 0 Å². The molecule has 2 saturated heterocycles. The summed E-state index contributed by atoms with van der Waals surface area (Å²) in [5.41, 5.74) is 0.285. The van der Waals surface area contributed by atoms with Gasteiger partial charge in [0.25, 0.3) is 5.91 Å². The zero-order valence-electron chi connectivity index (χ0n) is 20.6. The van der Waals surface area contributed by atoms with Crippen molar-refractivity contribution in [3.8, 4) is 11.5 Å². The summed E-state index contributed by atoms with van der Waals surface area (Å²) in [6.45, 7) is 1.90. The summed E-state index contributed by atoms with van der Waals surface area (Å²) in [6.07, 6.45) is 1.56. The van der Waals surface area contributed by atoms with E-state index in [0.29, 0.717) is 23.6 Å². The molecule has 0 spiro atoms. The highest BCUT2D eigenvalue weighted by Crippen LogP contribution is 2.39. The van der Waals surface area contributed by atoms with Crippen molar-refractivity contribution in [3.05, 3.63) is 71.8 Å². The normalized spacial score (nSPS) is 21.7. The van der Waals surface area contributed by atoms with Gasteiger partial charge in [-0.15, -0.1) is 0 Å². The van der Waals surface area contributed by atoms with Crippen LogP contribution in [0.1, 0.15) is 36.9 Å². The molecule has 0 unspecified atom stereocenters. The maximum atomic E-state index is 13.6. The number of nitrogens with zero attached hydrogens (tertiary/aromatic N) is 2. The molecule has 8 heteroatoms. The number of urea groups is 1. The number of methoxy groups -OCH3 is 2. The van der Waals surface area contributed by atoms with Gasteiger partial charge in [0.15, 0.2) is 0 Å². The van der Waals surface area contributed by atoms with E-state index in [1.54, 1.807) is 26.0 Å². The minimum absolute atomic E-state index is 0.229. The van der Waals surface area contributed by atoms with Crippen molar-refractivity contribution in [2.45, 2.75) is 31.3 Å². The maximum absolute atomic E-state index is 13.6. The number of hydrogen-bond donors (Lipinski definition) is 1. The number of ether oxygens (including phenoxy) is 2. The molecule has 3 aromatic rings. The van der Waals surface area contributed by atoms with Gasteiger partial charge >= 0.3 is 6.03 Å². The summed E-state index contributed by atoms with van der Waals surface area (Å²) in [5, 5.41) is 4.70. The first-order valence-electron chi connectivity index (χ1n) is 12.0. The van der Waals surface area contributed by atoms with Crippen molar-refractivity contribution in [2.24, 2.45) is 0 Å². The molecule has 2 aliphatic rings. The van der Waals surface area contributed by atoms with E-state index in [-0.39, 0.29) is 18.5 Å². The number of rotatable bonds is 6. The van der Waals surface area contributed by atoms with Crippen molar-refractivity contribution in [1.82, 2.24) is 15.1 Å². The Hall–Kier alpha value is -4.07. The Morgan fingerprint density at radius 1 is 1.06 bits per heavy atom. The standard InChI is InChI=1S/C28H29N3O5/c1-28(22-11-6-9-18-8-4-5-10-20(18)22)26(33)31(27(34)29-28)17-25(32)30-15-7-12-23(30)21-16-19(35-2)13-14-24(21)36-3/h4-6,8-11,13-14,16,23H,7,12,15,17H2,1-3H3,(H,29,34)/t23-,28-/m1/s1. The molecule has 0 aliphatic carbocycles. The average Bonchev–Trinajstić information content (AvgIpc) is 3.47. The van der Waals surface area contributed by atoms with Crippen LogP contribution in [-0.2, 0) is 15.1 Å². The second kappa shape index (κ2) is 9.18. The zero-order valence-corrected chi connectivity index (χ0v) is 20.6. The van der Waals surface area contributed by atoms with Gasteiger partial charge in [-0.1, -0.05) is 42.5 Å². The first-order valence-corrected chi connectivity index (χ1v) is 12.0. The van der Waals surface area contributed by atoms with Crippen LogP contribution in [0.25, 0.3) is 10.8 Å². The fourth-order valence-electron chi connectivity index (χ4n) is 5.40. The van der Waals surface area contributed by atoms with E-state index < -0.39 is 17.5 Å². The number of carbonyl (C=O) groups is 3. The number of benzene rings is 3. The molecular weight excluding hydrogens is 458 g/mol. The number of fused-ring (bicyclic) bond motifs is 1. The quantitative estimate of drug-likeness (QED) is 0.532. The summed E-state index contributed by atoms with van der Waals surface area (Å²) in [4.78, 5) is 42.8. The van der Waals surface area contributed by atoms with Crippen LogP contribution in [0.4, 0.5) is 4.79 Å². The predicted octanol–water partition coefficient (Wildman–Crippen LogP) is 3.99. The average molecular weight is 488 g/mol. The third-order valence-electron chi connectivity index (χ3n) is 7.27. The second-order valence-corrected chi connectivity index (χ2v) is 9.33. The zero-order chi connectivity index (χ0) is 25.4. The van der Waals surface area contributed by atoms with E-state index in [1.807, 2.05) is 60.7 Å². The summed E-state index contributed by atoms with van der Waals surface area (Å²) >= 11 is 0. The van der Waals surface area contributed by atoms with Crippen molar-refractivity contribution in [3.63, 3.8) is 0 Å². The topological polar surface area (TPSA) is 88.2 Å². The molecule has 186 valence electrons. The summed E-state index contributed by atoms with van der Waals surface area (Å²) < 4.78 is 10.9. The first-order chi connectivity index (χ1) is 17.4. The maximum Gasteiger partial charge on any atom is 0.325 e. The molecule has 2 heterocycles. The van der Waals surface area contributed by atoms with Crippen molar-refractivity contribution >= 4 is 28.6 Å². The molecule has 4 amide bonds. The van der Waals surface area contributed by atoms with Gasteiger partial charge in [0.2, 0.25) is 5.91 Å². The Morgan fingerprint density at radius 3 is 2.61 bits per heavy atom. The van der Waals surface area contributed by atoms with Crippen LogP contribution in [0.2, 0.25) is 0 Å². The lowest BCUT2D eigenvalue weighted by Gasteiger charge is -2.28. The minimum atomic E-state index is -1.27. The highest BCUT2D eigenvalue weighted by atomic mass is 16.5. The molecule has 36 heavy (non-hydrogen) atoms. The van der Waals surface area contributed by atoms with Gasteiger partial charge in [0.05, 0.1) is 20.3 Å². The summed E-state index contributed by atoms with van der Waals surface area (Å²) in [7, 11) is 3.18. The van der Waals surface area contributed by atoms with Crippen LogP contribution >= 0.6 is 0 Å². The van der Waals surface area contributed by atoms with E-state index in [4.69, 9.17) is 9.47 Å². The summed E-state index contributed by atoms with van der Waals surface area (Å²) in [5.74, 6) is 0.615. The van der Waals surface area contributed by atoms with Gasteiger partial charge < -0.3 is 19.7 Å². The third kappa shape index (κ3) is 3.82. The van der Waals surface area contributed by atoms with E-state index in [2.05, 4.69) is 5.32 Å². The van der Waals surface area contributed by atoms with Crippen LogP contribution < -0.4 is 14.8 Å². The van der Waals surface area contributed by atoms with Gasteiger partial charge in [-0.25, -0.2) is 4.79 Å². The number of nitrogens with one attached hydrogen (secondary N) is 1. The molecule has 2 atom stereocenters. The lowest BCUT2D eigenvalue weighted by Crippen LogP contribution is -2.44. The molecule has 3 aromatic carbocycles.